The van der Waals surface area contributed by atoms with Crippen LogP contribution in [0, 0.1) is 12.7 Å². The molecule has 0 aliphatic heterocycles. The number of rotatable bonds is 6. The number of fused-ring (bicyclic) bond motifs is 2. The maximum Gasteiger partial charge on any atom is 0.309 e. The lowest BCUT2D eigenvalue weighted by molar-refractivity contribution is 0.0974. The van der Waals surface area contributed by atoms with Crippen LogP contribution in [0.1, 0.15) is 28.5 Å². The second kappa shape index (κ2) is 10.0. The van der Waals surface area contributed by atoms with Gasteiger partial charge in [0.1, 0.15) is 17.3 Å². The lowest BCUT2D eigenvalue weighted by Crippen LogP contribution is -2.33. The quantitative estimate of drug-likeness (QED) is 0.294. The number of carbonyl (C=O) groups excluding carboxylic acids is 1. The van der Waals surface area contributed by atoms with Crippen molar-refractivity contribution in [3.63, 3.8) is 0 Å². The number of halogens is 2. The lowest BCUT2D eigenvalue weighted by atomic mass is 10.0. The highest BCUT2D eigenvalue weighted by molar-refractivity contribution is 7.90. The first-order valence-corrected chi connectivity index (χ1v) is 13.2. The summed E-state index contributed by atoms with van der Waals surface area (Å²) in [4.78, 5) is 33.6. The Labute approximate surface area is 219 Å². The van der Waals surface area contributed by atoms with Crippen LogP contribution in [0.15, 0.2) is 65.7 Å². The SMILES string of the molecule is CC[S+]([O-])NC(=O)c1c(-c2ccc[nH]c2=O)c2cc(C)c(F)cc2n1Cc1cnc2ccccc2c1Cl. The van der Waals surface area contributed by atoms with Gasteiger partial charge in [-0.2, -0.15) is 4.72 Å². The molecule has 2 N–H and O–H groups in total. The minimum Gasteiger partial charge on any atom is -0.593 e. The summed E-state index contributed by atoms with van der Waals surface area (Å²) in [6, 6.07) is 13.6. The van der Waals surface area contributed by atoms with Gasteiger partial charge in [0.25, 0.3) is 5.56 Å². The molecule has 3 heterocycles. The minimum atomic E-state index is -1.65. The number of para-hydroxylation sites is 1. The molecule has 3 aromatic heterocycles. The van der Waals surface area contributed by atoms with Gasteiger partial charge in [-0.05, 0) is 49.7 Å². The number of H-pyrrole nitrogens is 1. The summed E-state index contributed by atoms with van der Waals surface area (Å²) in [6.07, 6.45) is 3.10. The summed E-state index contributed by atoms with van der Waals surface area (Å²) >= 11 is 5.11. The number of aromatic amines is 1. The van der Waals surface area contributed by atoms with E-state index in [4.69, 9.17) is 11.6 Å². The van der Waals surface area contributed by atoms with Gasteiger partial charge in [0.05, 0.1) is 34.0 Å². The molecular weight excluding hydrogens is 515 g/mol. The highest BCUT2D eigenvalue weighted by Crippen LogP contribution is 2.37. The van der Waals surface area contributed by atoms with Crippen LogP contribution in [0.3, 0.4) is 0 Å². The molecular formula is C27H22ClFN4O3S. The maximum atomic E-state index is 14.9. The molecule has 0 spiro atoms. The number of pyridine rings is 2. The van der Waals surface area contributed by atoms with E-state index in [1.165, 1.54) is 12.3 Å². The van der Waals surface area contributed by atoms with Crippen molar-refractivity contribution in [2.75, 3.05) is 5.75 Å². The second-order valence-corrected chi connectivity index (χ2v) is 10.4. The standard InChI is InChI=1S/C27H22ClFN4O3S/c1-3-37(36)32-27(35)25-23(18-8-6-10-30-26(18)34)19-11-15(2)20(29)12-22(19)33(25)14-16-13-31-21-9-5-4-7-17(21)24(16)28/h4-13H,3,14H2,1-2H3,(H,30,34)(H,32,35). The summed E-state index contributed by atoms with van der Waals surface area (Å²) < 4.78 is 31.3. The van der Waals surface area contributed by atoms with Crippen LogP contribution in [-0.2, 0) is 17.9 Å². The Morgan fingerprint density at radius 3 is 2.76 bits per heavy atom. The molecule has 0 saturated heterocycles. The van der Waals surface area contributed by atoms with E-state index in [2.05, 4.69) is 14.7 Å². The van der Waals surface area contributed by atoms with Gasteiger partial charge >= 0.3 is 5.91 Å². The Bertz CT molecular complexity index is 1730. The Kier molecular flexibility index (Phi) is 6.76. The van der Waals surface area contributed by atoms with Crippen molar-refractivity contribution in [2.24, 2.45) is 0 Å². The van der Waals surface area contributed by atoms with E-state index in [1.54, 1.807) is 42.8 Å². The molecule has 2 aromatic carbocycles. The zero-order valence-corrected chi connectivity index (χ0v) is 21.5. The normalized spacial score (nSPS) is 12.2. The summed E-state index contributed by atoms with van der Waals surface area (Å²) in [5.74, 6) is -0.925. The van der Waals surface area contributed by atoms with Crippen LogP contribution < -0.4 is 10.3 Å². The zero-order chi connectivity index (χ0) is 26.3. The van der Waals surface area contributed by atoms with Crippen molar-refractivity contribution in [1.29, 1.82) is 0 Å². The number of carbonyl (C=O) groups is 1. The highest BCUT2D eigenvalue weighted by Gasteiger charge is 2.29. The average molecular weight is 537 g/mol. The van der Waals surface area contributed by atoms with Crippen LogP contribution in [0.5, 0.6) is 0 Å². The molecule has 0 radical (unpaired) electrons. The Hall–Kier alpha value is -3.66. The third-order valence-electron chi connectivity index (χ3n) is 6.23. The molecule has 1 unspecified atom stereocenters. The van der Waals surface area contributed by atoms with Crippen molar-refractivity contribution >= 4 is 50.7 Å². The number of benzene rings is 2. The van der Waals surface area contributed by atoms with Gasteiger partial charge in [0.2, 0.25) is 0 Å². The molecule has 10 heteroatoms. The van der Waals surface area contributed by atoms with E-state index in [0.29, 0.717) is 38.1 Å². The first kappa shape index (κ1) is 25.0. The predicted molar refractivity (Wildman–Crippen MR) is 145 cm³/mol. The van der Waals surface area contributed by atoms with Gasteiger partial charge in [-0.1, -0.05) is 29.8 Å². The topological polar surface area (TPSA) is 103 Å². The van der Waals surface area contributed by atoms with Crippen molar-refractivity contribution in [2.45, 2.75) is 20.4 Å². The monoisotopic (exact) mass is 536 g/mol. The molecule has 5 rings (SSSR count). The molecule has 188 valence electrons. The van der Waals surface area contributed by atoms with Gasteiger partial charge in [-0.25, -0.2) is 4.39 Å². The van der Waals surface area contributed by atoms with Crippen LogP contribution in [0.4, 0.5) is 4.39 Å². The number of nitrogens with one attached hydrogen (secondary N) is 2. The Balaban J connectivity index is 1.84. The molecule has 5 aromatic rings. The van der Waals surface area contributed by atoms with Gasteiger partial charge in [-0.3, -0.25) is 14.6 Å². The number of nitrogens with zero attached hydrogens (tertiary/aromatic N) is 2. The summed E-state index contributed by atoms with van der Waals surface area (Å²) in [6.45, 7) is 3.34. The minimum absolute atomic E-state index is 0.0575. The van der Waals surface area contributed by atoms with Crippen molar-refractivity contribution in [1.82, 2.24) is 19.3 Å². The molecule has 0 saturated carbocycles. The van der Waals surface area contributed by atoms with Crippen molar-refractivity contribution in [3.8, 4) is 11.1 Å². The summed E-state index contributed by atoms with van der Waals surface area (Å²) in [5.41, 5.74) is 2.25. The van der Waals surface area contributed by atoms with Gasteiger partial charge in [0, 0.05) is 39.9 Å². The highest BCUT2D eigenvalue weighted by atomic mass is 35.5. The number of amides is 1. The predicted octanol–water partition coefficient (Wildman–Crippen LogP) is 5.11. The molecule has 0 aliphatic carbocycles. The van der Waals surface area contributed by atoms with Gasteiger partial charge < -0.3 is 14.1 Å². The largest absolute Gasteiger partial charge is 0.593 e. The van der Waals surface area contributed by atoms with E-state index < -0.39 is 28.6 Å². The van der Waals surface area contributed by atoms with Crippen LogP contribution >= 0.6 is 11.6 Å². The van der Waals surface area contributed by atoms with Crippen LogP contribution in [0.2, 0.25) is 5.02 Å². The lowest BCUT2D eigenvalue weighted by Gasteiger charge is -2.15. The summed E-state index contributed by atoms with van der Waals surface area (Å²) in [5, 5.41) is 1.69. The molecule has 0 bridgehead atoms. The van der Waals surface area contributed by atoms with E-state index in [1.807, 2.05) is 24.3 Å². The van der Waals surface area contributed by atoms with Crippen molar-refractivity contribution < 1.29 is 13.7 Å². The van der Waals surface area contributed by atoms with Gasteiger partial charge in [0.15, 0.2) is 0 Å². The van der Waals surface area contributed by atoms with E-state index in [0.717, 1.165) is 5.39 Å². The second-order valence-electron chi connectivity index (χ2n) is 8.52. The molecule has 37 heavy (non-hydrogen) atoms. The molecule has 0 aliphatic rings. The molecule has 7 nitrogen and oxygen atoms in total. The maximum absolute atomic E-state index is 14.9. The fourth-order valence-electron chi connectivity index (χ4n) is 4.42. The number of hydrogen-bond acceptors (Lipinski definition) is 4. The zero-order valence-electron chi connectivity index (χ0n) is 20.0. The Morgan fingerprint density at radius 1 is 1.22 bits per heavy atom. The third-order valence-corrected chi connectivity index (χ3v) is 7.61. The number of hydrogen-bond donors (Lipinski definition) is 2. The fraction of sp³-hybridized carbons (Fsp3) is 0.148. The summed E-state index contributed by atoms with van der Waals surface area (Å²) in [7, 11) is 0. The van der Waals surface area contributed by atoms with E-state index in [9.17, 15) is 18.5 Å². The number of aryl methyl sites for hydroxylation is 1. The molecule has 1 amide bonds. The average Bonchev–Trinajstić information content (AvgIpc) is 3.18. The molecule has 0 fully saturated rings. The molecule has 1 atom stereocenters. The van der Waals surface area contributed by atoms with E-state index in [-0.39, 0.29) is 23.6 Å². The van der Waals surface area contributed by atoms with Crippen molar-refractivity contribution in [3.05, 3.63) is 98.9 Å². The fourth-order valence-corrected chi connectivity index (χ4v) is 5.14. The third kappa shape index (κ3) is 4.50. The first-order valence-electron chi connectivity index (χ1n) is 11.5. The smallest absolute Gasteiger partial charge is 0.309 e. The van der Waals surface area contributed by atoms with Crippen LogP contribution in [0.25, 0.3) is 32.9 Å². The Morgan fingerprint density at radius 2 is 2.00 bits per heavy atom. The number of aromatic nitrogens is 3. The first-order chi connectivity index (χ1) is 17.8. The van der Waals surface area contributed by atoms with Crippen LogP contribution in [-0.4, -0.2) is 30.7 Å². The van der Waals surface area contributed by atoms with E-state index >= 15 is 0 Å². The van der Waals surface area contributed by atoms with Gasteiger partial charge in [-0.15, -0.1) is 0 Å².